The normalized spacial score (nSPS) is 11.0. The van der Waals surface area contributed by atoms with Crippen LogP contribution in [0.1, 0.15) is 5.56 Å². The smallest absolute Gasteiger partial charge is 0.281 e. The minimum atomic E-state index is -0.473. The lowest BCUT2D eigenvalue weighted by Gasteiger charge is -2.11. The second kappa shape index (κ2) is 7.22. The van der Waals surface area contributed by atoms with E-state index >= 15 is 0 Å². The quantitative estimate of drug-likeness (QED) is 0.455. The van der Waals surface area contributed by atoms with Gasteiger partial charge >= 0.3 is 0 Å². The summed E-state index contributed by atoms with van der Waals surface area (Å²) in [4.78, 5) is 16.3. The molecule has 0 N–H and O–H groups in total. The fourth-order valence-electron chi connectivity index (χ4n) is 2.81. The second-order valence-electron chi connectivity index (χ2n) is 6.04. The van der Waals surface area contributed by atoms with Gasteiger partial charge in [-0.3, -0.25) is 4.79 Å². The molecular formula is C20H12Cl2FN3O2. The highest BCUT2D eigenvalue weighted by Gasteiger charge is 2.17. The van der Waals surface area contributed by atoms with Crippen LogP contribution in [0, 0.1) is 12.7 Å². The number of halogens is 3. The van der Waals surface area contributed by atoms with Gasteiger partial charge in [0.05, 0.1) is 21.1 Å². The Bertz CT molecular complexity index is 1250. The Balaban J connectivity index is 1.83. The highest BCUT2D eigenvalue weighted by atomic mass is 35.5. The highest BCUT2D eigenvalue weighted by Crippen LogP contribution is 2.35. The van der Waals surface area contributed by atoms with Crippen molar-refractivity contribution in [2.24, 2.45) is 0 Å². The largest absolute Gasteiger partial charge is 0.438 e. The molecule has 0 aliphatic rings. The van der Waals surface area contributed by atoms with Gasteiger partial charge in [-0.1, -0.05) is 29.3 Å². The van der Waals surface area contributed by atoms with Crippen molar-refractivity contribution in [3.05, 3.63) is 86.6 Å². The topological polar surface area (TPSA) is 56.5 Å². The number of fused-ring (bicyclic) bond motifs is 1. The first-order chi connectivity index (χ1) is 13.4. The number of aryl methyl sites for hydroxylation is 1. The van der Waals surface area contributed by atoms with Gasteiger partial charge in [0.1, 0.15) is 17.9 Å². The zero-order chi connectivity index (χ0) is 19.8. The monoisotopic (exact) mass is 415 g/mol. The van der Waals surface area contributed by atoms with E-state index < -0.39 is 5.56 Å². The Morgan fingerprint density at radius 1 is 1.04 bits per heavy atom. The summed E-state index contributed by atoms with van der Waals surface area (Å²) >= 11 is 12.5. The standard InChI is InChI=1S/C20H12Cl2FN3O2/c1-11-9-12(5-6-15(11)23)28-17-8-7-16-19(20(27)24-10-26(16)25-17)18-13(21)3-2-4-14(18)22/h2-10H,1H3. The van der Waals surface area contributed by atoms with Gasteiger partial charge in [-0.05, 0) is 48.9 Å². The highest BCUT2D eigenvalue weighted by molar-refractivity contribution is 6.39. The molecule has 0 saturated carbocycles. The Kier molecular flexibility index (Phi) is 4.75. The average Bonchev–Trinajstić information content (AvgIpc) is 2.66. The van der Waals surface area contributed by atoms with E-state index in [0.717, 1.165) is 0 Å². The molecule has 140 valence electrons. The van der Waals surface area contributed by atoms with Crippen LogP contribution in [0.4, 0.5) is 4.39 Å². The van der Waals surface area contributed by atoms with Gasteiger partial charge in [0.15, 0.2) is 0 Å². The van der Waals surface area contributed by atoms with Crippen LogP contribution in [0.15, 0.2) is 59.7 Å². The van der Waals surface area contributed by atoms with E-state index in [2.05, 4.69) is 10.1 Å². The Hall–Kier alpha value is -2.96. The van der Waals surface area contributed by atoms with Crippen molar-refractivity contribution in [2.75, 3.05) is 0 Å². The van der Waals surface area contributed by atoms with Gasteiger partial charge in [0.25, 0.3) is 5.56 Å². The number of benzene rings is 2. The zero-order valence-electron chi connectivity index (χ0n) is 14.5. The molecule has 0 aliphatic carbocycles. The molecule has 2 aromatic heterocycles. The van der Waals surface area contributed by atoms with E-state index in [1.54, 1.807) is 43.3 Å². The lowest BCUT2D eigenvalue weighted by molar-refractivity contribution is 0.450. The minimum absolute atomic E-state index is 0.245. The van der Waals surface area contributed by atoms with Crippen molar-refractivity contribution in [3.8, 4) is 22.8 Å². The third-order valence-corrected chi connectivity index (χ3v) is 4.79. The van der Waals surface area contributed by atoms with Crippen molar-refractivity contribution in [1.29, 1.82) is 0 Å². The minimum Gasteiger partial charge on any atom is -0.438 e. The molecule has 0 radical (unpaired) electrons. The molecule has 0 spiro atoms. The summed E-state index contributed by atoms with van der Waals surface area (Å²) in [6, 6.07) is 12.6. The van der Waals surface area contributed by atoms with Crippen LogP contribution < -0.4 is 10.3 Å². The SMILES string of the molecule is Cc1cc(Oc2ccc3c(-c4c(Cl)cccc4Cl)c(=O)ncn3n2)ccc1F. The molecule has 5 nitrogen and oxygen atoms in total. The van der Waals surface area contributed by atoms with Gasteiger partial charge in [-0.25, -0.2) is 8.91 Å². The van der Waals surface area contributed by atoms with E-state index in [9.17, 15) is 9.18 Å². The summed E-state index contributed by atoms with van der Waals surface area (Å²) in [5.74, 6) is 0.371. The maximum absolute atomic E-state index is 13.4. The molecule has 2 heterocycles. The molecule has 8 heteroatoms. The molecule has 4 rings (SSSR count). The van der Waals surface area contributed by atoms with Crippen LogP contribution in [0.2, 0.25) is 10.0 Å². The van der Waals surface area contributed by atoms with Gasteiger partial charge in [-0.2, -0.15) is 4.98 Å². The molecule has 0 unspecified atom stereocenters. The molecule has 4 aromatic rings. The number of hydrogen-bond acceptors (Lipinski definition) is 4. The third-order valence-electron chi connectivity index (χ3n) is 4.16. The lowest BCUT2D eigenvalue weighted by atomic mass is 10.1. The van der Waals surface area contributed by atoms with Crippen LogP contribution >= 0.6 is 23.2 Å². The van der Waals surface area contributed by atoms with Gasteiger partial charge in [-0.15, -0.1) is 5.10 Å². The van der Waals surface area contributed by atoms with Crippen LogP contribution in [0.25, 0.3) is 16.6 Å². The number of ether oxygens (including phenoxy) is 1. The van der Waals surface area contributed by atoms with Crippen molar-refractivity contribution in [2.45, 2.75) is 6.92 Å². The number of rotatable bonds is 3. The second-order valence-corrected chi connectivity index (χ2v) is 6.85. The van der Waals surface area contributed by atoms with Crippen LogP contribution in [0.3, 0.4) is 0 Å². The molecule has 0 atom stereocenters. The summed E-state index contributed by atoms with van der Waals surface area (Å²) in [7, 11) is 0. The fourth-order valence-corrected chi connectivity index (χ4v) is 3.40. The van der Waals surface area contributed by atoms with E-state index in [1.807, 2.05) is 0 Å². The fraction of sp³-hybridized carbons (Fsp3) is 0.0500. The van der Waals surface area contributed by atoms with Crippen LogP contribution in [-0.4, -0.2) is 14.6 Å². The average molecular weight is 416 g/mol. The number of hydrogen-bond donors (Lipinski definition) is 0. The predicted octanol–water partition coefficient (Wildman–Crippen LogP) is 5.30. The Morgan fingerprint density at radius 2 is 1.79 bits per heavy atom. The Labute approximate surface area is 168 Å². The molecule has 28 heavy (non-hydrogen) atoms. The maximum atomic E-state index is 13.4. The van der Waals surface area contributed by atoms with E-state index in [0.29, 0.717) is 32.4 Å². The summed E-state index contributed by atoms with van der Waals surface area (Å²) in [5, 5.41) is 4.99. The van der Waals surface area contributed by atoms with E-state index in [4.69, 9.17) is 27.9 Å². The first-order valence-corrected chi connectivity index (χ1v) is 8.97. The van der Waals surface area contributed by atoms with Gasteiger partial charge in [0.2, 0.25) is 5.88 Å². The van der Waals surface area contributed by atoms with Crippen LogP contribution in [0.5, 0.6) is 11.6 Å². The van der Waals surface area contributed by atoms with Gasteiger partial charge in [0, 0.05) is 11.6 Å². The molecular weight excluding hydrogens is 404 g/mol. The van der Waals surface area contributed by atoms with E-state index in [1.165, 1.54) is 23.0 Å². The molecule has 0 saturated heterocycles. The molecule has 0 fully saturated rings. The molecule has 0 amide bonds. The first-order valence-electron chi connectivity index (χ1n) is 8.21. The summed E-state index contributed by atoms with van der Waals surface area (Å²) < 4.78 is 20.5. The van der Waals surface area contributed by atoms with Crippen molar-refractivity contribution < 1.29 is 9.13 Å². The third kappa shape index (κ3) is 3.32. The van der Waals surface area contributed by atoms with Crippen molar-refractivity contribution >= 4 is 28.7 Å². The van der Waals surface area contributed by atoms with Crippen molar-refractivity contribution in [1.82, 2.24) is 14.6 Å². The maximum Gasteiger partial charge on any atom is 0.281 e. The number of aromatic nitrogens is 3. The Morgan fingerprint density at radius 3 is 2.50 bits per heavy atom. The zero-order valence-corrected chi connectivity index (χ0v) is 16.0. The van der Waals surface area contributed by atoms with Crippen molar-refractivity contribution in [3.63, 3.8) is 0 Å². The van der Waals surface area contributed by atoms with E-state index in [-0.39, 0.29) is 17.3 Å². The summed E-state index contributed by atoms with van der Waals surface area (Å²) in [6.45, 7) is 1.64. The van der Waals surface area contributed by atoms with Gasteiger partial charge < -0.3 is 4.74 Å². The molecule has 0 aliphatic heterocycles. The number of nitrogens with zero attached hydrogens (tertiary/aromatic N) is 3. The summed E-state index contributed by atoms with van der Waals surface area (Å²) in [5.41, 5.74) is 1.09. The molecule has 2 aromatic carbocycles. The van der Waals surface area contributed by atoms with Crippen LogP contribution in [-0.2, 0) is 0 Å². The summed E-state index contributed by atoms with van der Waals surface area (Å²) in [6.07, 6.45) is 1.29. The molecule has 0 bridgehead atoms. The predicted molar refractivity (Wildman–Crippen MR) is 106 cm³/mol. The lowest BCUT2D eigenvalue weighted by Crippen LogP contribution is -2.14. The first kappa shape index (κ1) is 18.4.